The molecule has 224 valence electrons. The number of carbonyl (C=O) groups is 3. The molecule has 3 fully saturated rings. The van der Waals surface area contributed by atoms with Crippen LogP contribution in [0, 0.1) is 11.8 Å². The maximum Gasteiger partial charge on any atom is 0.311 e. The minimum atomic E-state index is -0.748. The maximum atomic E-state index is 14.7. The number of hydrogen-bond acceptors (Lipinski definition) is 7. The first-order chi connectivity index (χ1) is 19.8. The van der Waals surface area contributed by atoms with Gasteiger partial charge >= 0.3 is 5.97 Å². The first-order valence-corrected chi connectivity index (χ1v) is 16.4. The fraction of sp³-hybridized carbons (Fsp3) is 0.581. The lowest BCUT2D eigenvalue weighted by Crippen LogP contribution is -2.55. The number of unbranched alkanes of at least 4 members (excludes halogenated alkanes) is 2. The monoisotopic (exact) mass is 647 g/mol. The molecule has 3 aliphatic heterocycles. The Morgan fingerprint density at radius 2 is 1.83 bits per heavy atom. The second-order valence-corrected chi connectivity index (χ2v) is 13.5. The Kier molecular flexibility index (Phi) is 10.6. The SMILES string of the molecule is C=CCOC(=O)[C@H]1[C@H]2C(=O)N(CCCCCO)C(C(=O)N(CC=C)c3ccc(N(CC)CC)cc3)C23CC(Br)[C@@H]1S3. The molecule has 8 nitrogen and oxygen atoms in total. The van der Waals surface area contributed by atoms with Crippen LogP contribution >= 0.6 is 27.7 Å². The summed E-state index contributed by atoms with van der Waals surface area (Å²) >= 11 is 5.39. The van der Waals surface area contributed by atoms with E-state index in [1.165, 1.54) is 6.08 Å². The zero-order valence-electron chi connectivity index (χ0n) is 24.0. The van der Waals surface area contributed by atoms with Gasteiger partial charge in [0.25, 0.3) is 5.91 Å². The number of benzene rings is 1. The summed E-state index contributed by atoms with van der Waals surface area (Å²) in [6.07, 6.45) is 5.87. The molecule has 2 amide bonds. The van der Waals surface area contributed by atoms with Crippen molar-refractivity contribution in [2.24, 2.45) is 11.8 Å². The van der Waals surface area contributed by atoms with E-state index in [-0.39, 0.29) is 35.1 Å². The van der Waals surface area contributed by atoms with Crippen molar-refractivity contribution in [2.75, 3.05) is 49.2 Å². The number of likely N-dealkylation sites (tertiary alicyclic amines) is 1. The van der Waals surface area contributed by atoms with E-state index in [0.717, 1.165) is 30.9 Å². The topological polar surface area (TPSA) is 90.4 Å². The van der Waals surface area contributed by atoms with E-state index in [4.69, 9.17) is 4.74 Å². The molecular formula is C31H42BrN3O5S. The molecule has 3 unspecified atom stereocenters. The highest BCUT2D eigenvalue weighted by molar-refractivity contribution is 9.09. The molecule has 1 spiro atoms. The van der Waals surface area contributed by atoms with Crippen LogP contribution in [0.15, 0.2) is 49.6 Å². The molecule has 0 saturated carbocycles. The maximum absolute atomic E-state index is 14.7. The third-order valence-corrected chi connectivity index (χ3v) is 11.8. The van der Waals surface area contributed by atoms with Crippen molar-refractivity contribution in [2.45, 2.75) is 60.4 Å². The minimum Gasteiger partial charge on any atom is -0.461 e. The number of aliphatic hydroxyl groups is 1. The Bertz CT molecular complexity index is 1130. The summed E-state index contributed by atoms with van der Waals surface area (Å²) in [5.41, 5.74) is 1.83. The molecular weight excluding hydrogens is 606 g/mol. The number of nitrogens with zero attached hydrogens (tertiary/aromatic N) is 3. The zero-order chi connectivity index (χ0) is 29.7. The number of esters is 1. The number of aliphatic hydroxyl groups excluding tert-OH is 1. The first-order valence-electron chi connectivity index (χ1n) is 14.6. The summed E-state index contributed by atoms with van der Waals surface area (Å²) in [5.74, 6) is -1.99. The zero-order valence-corrected chi connectivity index (χ0v) is 26.4. The average Bonchev–Trinajstić information content (AvgIpc) is 3.56. The first kappa shape index (κ1) is 31.6. The van der Waals surface area contributed by atoms with Crippen LogP contribution in [0.4, 0.5) is 11.4 Å². The molecule has 3 heterocycles. The van der Waals surface area contributed by atoms with Crippen molar-refractivity contribution >= 4 is 56.9 Å². The molecule has 4 rings (SSSR count). The Balaban J connectivity index is 1.72. The number of hydrogen-bond donors (Lipinski definition) is 1. The van der Waals surface area contributed by atoms with Crippen molar-refractivity contribution in [1.29, 1.82) is 0 Å². The van der Waals surface area contributed by atoms with Gasteiger partial charge in [0.05, 0.1) is 16.6 Å². The summed E-state index contributed by atoms with van der Waals surface area (Å²) in [6.45, 7) is 14.4. The van der Waals surface area contributed by atoms with Gasteiger partial charge < -0.3 is 24.5 Å². The van der Waals surface area contributed by atoms with E-state index >= 15 is 0 Å². The third-order valence-electron chi connectivity index (χ3n) is 8.56. The van der Waals surface area contributed by atoms with Gasteiger partial charge in [-0.3, -0.25) is 14.4 Å². The lowest BCUT2D eigenvalue weighted by molar-refractivity contribution is -0.153. The summed E-state index contributed by atoms with van der Waals surface area (Å²) in [5, 5.41) is 9.13. The van der Waals surface area contributed by atoms with Crippen LogP contribution in [-0.2, 0) is 19.1 Å². The second kappa shape index (κ2) is 13.8. The molecule has 41 heavy (non-hydrogen) atoms. The van der Waals surface area contributed by atoms with Crippen LogP contribution in [-0.4, -0.2) is 88.0 Å². The van der Waals surface area contributed by atoms with Gasteiger partial charge in [0.15, 0.2) is 0 Å². The summed E-state index contributed by atoms with van der Waals surface area (Å²) < 4.78 is 4.73. The standard InChI is InChI=1S/C31H42BrN3O5S/c1-5-16-34(22-14-12-21(13-15-22)33(7-3)8-4)29(38)27-31-20-23(32)26(41-31)24(30(39)40-19-6-2)25(31)28(37)35(27)17-10-9-11-18-36/h5-6,12-15,23-27,36H,1-2,7-11,16-20H2,3-4H3/t23?,24-,25-,26-,27?,31?/m0/s1. The van der Waals surface area contributed by atoms with Gasteiger partial charge in [0, 0.05) is 54.2 Å². The summed E-state index contributed by atoms with van der Waals surface area (Å²) in [6, 6.07) is 7.22. The number of amides is 2. The van der Waals surface area contributed by atoms with Gasteiger partial charge in [-0.2, -0.15) is 0 Å². The van der Waals surface area contributed by atoms with Crippen molar-refractivity contribution in [3.05, 3.63) is 49.6 Å². The molecule has 3 aliphatic rings. The van der Waals surface area contributed by atoms with E-state index in [9.17, 15) is 19.5 Å². The quantitative estimate of drug-likeness (QED) is 0.131. The highest BCUT2D eigenvalue weighted by atomic mass is 79.9. The normalized spacial score (nSPS) is 28.0. The number of carbonyl (C=O) groups excluding carboxylic acids is 3. The van der Waals surface area contributed by atoms with Gasteiger partial charge in [-0.25, -0.2) is 0 Å². The number of ether oxygens (including phenoxy) is 1. The van der Waals surface area contributed by atoms with Crippen LogP contribution in [0.3, 0.4) is 0 Å². The lowest BCUT2D eigenvalue weighted by Gasteiger charge is -2.38. The van der Waals surface area contributed by atoms with Crippen LogP contribution in [0.25, 0.3) is 0 Å². The van der Waals surface area contributed by atoms with E-state index in [2.05, 4.69) is 47.8 Å². The highest BCUT2D eigenvalue weighted by Gasteiger charge is 2.76. The van der Waals surface area contributed by atoms with Gasteiger partial charge in [0.2, 0.25) is 5.91 Å². The van der Waals surface area contributed by atoms with Crippen LogP contribution in [0.5, 0.6) is 0 Å². The van der Waals surface area contributed by atoms with E-state index in [0.29, 0.717) is 32.4 Å². The number of halogens is 1. The van der Waals surface area contributed by atoms with E-state index < -0.39 is 28.6 Å². The fourth-order valence-electron chi connectivity index (χ4n) is 6.76. The van der Waals surface area contributed by atoms with E-state index in [1.807, 2.05) is 24.3 Å². The predicted molar refractivity (Wildman–Crippen MR) is 169 cm³/mol. The second-order valence-electron chi connectivity index (χ2n) is 10.8. The molecule has 0 aromatic heterocycles. The van der Waals surface area contributed by atoms with Gasteiger partial charge in [-0.1, -0.05) is 34.7 Å². The molecule has 2 bridgehead atoms. The largest absolute Gasteiger partial charge is 0.461 e. The Labute approximate surface area is 256 Å². The highest BCUT2D eigenvalue weighted by Crippen LogP contribution is 2.68. The molecule has 0 aliphatic carbocycles. The van der Waals surface area contributed by atoms with Gasteiger partial charge in [-0.05, 0) is 63.8 Å². The molecule has 0 radical (unpaired) electrons. The van der Waals surface area contributed by atoms with Crippen molar-refractivity contribution in [3.63, 3.8) is 0 Å². The molecule has 1 N–H and O–H groups in total. The Morgan fingerprint density at radius 1 is 1.15 bits per heavy atom. The summed E-state index contributed by atoms with van der Waals surface area (Å²) in [7, 11) is 0. The fourth-order valence-corrected chi connectivity index (χ4v) is 10.4. The lowest BCUT2D eigenvalue weighted by atomic mass is 9.71. The number of anilines is 2. The molecule has 6 atom stereocenters. The van der Waals surface area contributed by atoms with Crippen molar-refractivity contribution in [1.82, 2.24) is 4.90 Å². The average molecular weight is 649 g/mol. The summed E-state index contributed by atoms with van der Waals surface area (Å²) in [4.78, 5) is 47.8. The van der Waals surface area contributed by atoms with Gasteiger partial charge in [0.1, 0.15) is 12.6 Å². The minimum absolute atomic E-state index is 0.0244. The number of rotatable bonds is 15. The van der Waals surface area contributed by atoms with Crippen LogP contribution < -0.4 is 9.80 Å². The van der Waals surface area contributed by atoms with Crippen LogP contribution in [0.2, 0.25) is 0 Å². The third kappa shape index (κ3) is 5.84. The van der Waals surface area contributed by atoms with E-state index in [1.54, 1.807) is 27.6 Å². The Hall–Kier alpha value is -2.30. The van der Waals surface area contributed by atoms with Crippen molar-refractivity contribution in [3.8, 4) is 0 Å². The predicted octanol–water partition coefficient (Wildman–Crippen LogP) is 4.41. The van der Waals surface area contributed by atoms with Gasteiger partial charge in [-0.15, -0.1) is 18.3 Å². The molecule has 10 heteroatoms. The number of fused-ring (bicyclic) bond motifs is 1. The smallest absolute Gasteiger partial charge is 0.311 e. The molecule has 1 aromatic rings. The van der Waals surface area contributed by atoms with Crippen LogP contribution in [0.1, 0.15) is 39.5 Å². The molecule has 3 saturated heterocycles. The van der Waals surface area contributed by atoms with Crippen molar-refractivity contribution < 1.29 is 24.2 Å². The number of alkyl halides is 1. The Morgan fingerprint density at radius 3 is 2.44 bits per heavy atom. The number of thioether (sulfide) groups is 1. The molecule has 1 aromatic carbocycles.